The van der Waals surface area contributed by atoms with Crippen molar-refractivity contribution in [3.05, 3.63) is 0 Å². The Bertz CT molecular complexity index is 189. The maximum absolute atomic E-state index is 3.75. The van der Waals surface area contributed by atoms with Crippen LogP contribution in [0.15, 0.2) is 0 Å². The molecule has 0 saturated carbocycles. The molecule has 0 unspecified atom stereocenters. The van der Waals surface area contributed by atoms with Gasteiger partial charge in [0.15, 0.2) is 0 Å². The number of aryl methyl sites for hydroxylation is 1. The number of tetrazole rings is 1. The number of hydrogen-bond acceptors (Lipinski definition) is 4. The normalized spacial score (nSPS) is 14.8. The number of nitrogens with one attached hydrogen (secondary N) is 1. The summed E-state index contributed by atoms with van der Waals surface area (Å²) in [4.78, 5) is 0. The Morgan fingerprint density at radius 1 is 1.50 bits per heavy atom. The van der Waals surface area contributed by atoms with Gasteiger partial charge in [-0.3, -0.25) is 0 Å². The second-order valence-electron chi connectivity index (χ2n) is 2.01. The van der Waals surface area contributed by atoms with Gasteiger partial charge in [-0.1, -0.05) is 5.10 Å². The van der Waals surface area contributed by atoms with E-state index >= 15 is 0 Å². The minimum absolute atomic E-state index is 0. The van der Waals surface area contributed by atoms with Crippen LogP contribution >= 0.6 is 12.4 Å². The van der Waals surface area contributed by atoms with Gasteiger partial charge in [-0.05, 0) is 16.8 Å². The number of hydrogen-bond donors (Lipinski definition) is 1. The van der Waals surface area contributed by atoms with Crippen LogP contribution in [0.5, 0.6) is 0 Å². The van der Waals surface area contributed by atoms with Crippen LogP contribution in [0, 0.1) is 0 Å². The molecule has 0 saturated heterocycles. The molecule has 5 nitrogen and oxygen atoms in total. The molecule has 1 aromatic heterocycles. The minimum atomic E-state index is 0. The van der Waals surface area contributed by atoms with Crippen molar-refractivity contribution in [2.45, 2.75) is 13.0 Å². The van der Waals surface area contributed by atoms with Gasteiger partial charge in [-0.15, -0.1) is 12.4 Å². The molecule has 0 aromatic carbocycles. The van der Waals surface area contributed by atoms with Crippen molar-refractivity contribution in [3.8, 4) is 0 Å². The predicted octanol–water partition coefficient (Wildman–Crippen LogP) is -0.0895. The first-order valence-electron chi connectivity index (χ1n) is 2.97. The first-order chi connectivity index (χ1) is 4.47. The molecule has 0 amide bonds. The molecule has 56 valence electrons. The standard InChI is InChI=1S/C4H7N5.ClH/c1-2-5-4-6-7-8-9(4)3-1;/h1-3H2,(H,5,6,8);1H. The summed E-state index contributed by atoms with van der Waals surface area (Å²) in [5, 5.41) is 14.1. The topological polar surface area (TPSA) is 55.6 Å². The Morgan fingerprint density at radius 2 is 2.40 bits per heavy atom. The molecule has 10 heavy (non-hydrogen) atoms. The van der Waals surface area contributed by atoms with E-state index in [9.17, 15) is 0 Å². The summed E-state index contributed by atoms with van der Waals surface area (Å²) in [5.41, 5.74) is 0. The van der Waals surface area contributed by atoms with Gasteiger partial charge >= 0.3 is 0 Å². The van der Waals surface area contributed by atoms with Crippen molar-refractivity contribution in [1.82, 2.24) is 20.2 Å². The SMILES string of the molecule is C1CNc2nnnn2C1.Cl. The molecule has 0 fully saturated rings. The minimum Gasteiger partial charge on any atom is -0.353 e. The third-order valence-corrected chi connectivity index (χ3v) is 1.36. The van der Waals surface area contributed by atoms with E-state index in [1.54, 1.807) is 4.68 Å². The van der Waals surface area contributed by atoms with E-state index in [0.717, 1.165) is 25.5 Å². The van der Waals surface area contributed by atoms with Crippen molar-refractivity contribution < 1.29 is 0 Å². The zero-order valence-electron chi connectivity index (χ0n) is 5.32. The van der Waals surface area contributed by atoms with Gasteiger partial charge in [0, 0.05) is 13.1 Å². The molecule has 2 rings (SSSR count). The van der Waals surface area contributed by atoms with Gasteiger partial charge in [-0.25, -0.2) is 4.68 Å². The zero-order valence-corrected chi connectivity index (χ0v) is 6.13. The molecule has 0 spiro atoms. The maximum Gasteiger partial charge on any atom is 0.242 e. The lowest BCUT2D eigenvalue weighted by Gasteiger charge is -2.11. The third-order valence-electron chi connectivity index (χ3n) is 1.36. The highest BCUT2D eigenvalue weighted by molar-refractivity contribution is 5.85. The average Bonchev–Trinajstić information content (AvgIpc) is 2.33. The highest BCUT2D eigenvalue weighted by Gasteiger charge is 2.08. The van der Waals surface area contributed by atoms with Gasteiger partial charge in [-0.2, -0.15) is 0 Å². The monoisotopic (exact) mass is 161 g/mol. The van der Waals surface area contributed by atoms with Crippen molar-refractivity contribution in [1.29, 1.82) is 0 Å². The van der Waals surface area contributed by atoms with E-state index in [-0.39, 0.29) is 12.4 Å². The zero-order chi connectivity index (χ0) is 6.10. The fourth-order valence-electron chi connectivity index (χ4n) is 0.911. The van der Waals surface area contributed by atoms with E-state index in [4.69, 9.17) is 0 Å². The average molecular weight is 162 g/mol. The number of rotatable bonds is 0. The summed E-state index contributed by atoms with van der Waals surface area (Å²) in [5.74, 6) is 0.793. The van der Waals surface area contributed by atoms with E-state index in [2.05, 4.69) is 20.8 Å². The number of anilines is 1. The van der Waals surface area contributed by atoms with Crippen LogP contribution < -0.4 is 5.32 Å². The van der Waals surface area contributed by atoms with Gasteiger partial charge in [0.1, 0.15) is 0 Å². The molecule has 1 aliphatic rings. The van der Waals surface area contributed by atoms with E-state index < -0.39 is 0 Å². The van der Waals surface area contributed by atoms with Crippen LogP contribution in [0.2, 0.25) is 0 Å². The van der Waals surface area contributed by atoms with Crippen LogP contribution in [0.3, 0.4) is 0 Å². The third kappa shape index (κ3) is 1.04. The summed E-state index contributed by atoms with van der Waals surface area (Å²) in [7, 11) is 0. The Balaban J connectivity index is 0.000000500. The first kappa shape index (κ1) is 7.27. The molecule has 0 radical (unpaired) electrons. The van der Waals surface area contributed by atoms with Crippen LogP contribution in [-0.4, -0.2) is 26.8 Å². The van der Waals surface area contributed by atoms with Crippen LogP contribution in [0.25, 0.3) is 0 Å². The van der Waals surface area contributed by atoms with Gasteiger partial charge in [0.05, 0.1) is 0 Å². The number of nitrogens with zero attached hydrogens (tertiary/aromatic N) is 4. The summed E-state index contributed by atoms with van der Waals surface area (Å²) < 4.78 is 1.77. The van der Waals surface area contributed by atoms with Crippen molar-refractivity contribution in [2.75, 3.05) is 11.9 Å². The summed E-state index contributed by atoms with van der Waals surface area (Å²) >= 11 is 0. The lowest BCUT2D eigenvalue weighted by atomic mass is 10.4. The lowest BCUT2D eigenvalue weighted by Crippen LogP contribution is -2.17. The summed E-state index contributed by atoms with van der Waals surface area (Å²) in [6.45, 7) is 1.93. The smallest absolute Gasteiger partial charge is 0.242 e. The molecule has 1 N–H and O–H groups in total. The highest BCUT2D eigenvalue weighted by Crippen LogP contribution is 2.05. The summed E-state index contributed by atoms with van der Waals surface area (Å²) in [6.07, 6.45) is 1.11. The molecule has 2 heterocycles. The molecule has 0 bridgehead atoms. The largest absolute Gasteiger partial charge is 0.353 e. The first-order valence-corrected chi connectivity index (χ1v) is 2.97. The Morgan fingerprint density at radius 3 is 3.20 bits per heavy atom. The highest BCUT2D eigenvalue weighted by atomic mass is 35.5. The quantitative estimate of drug-likeness (QED) is 0.578. The number of halogens is 1. The van der Waals surface area contributed by atoms with E-state index in [1.165, 1.54) is 0 Å². The molecular weight excluding hydrogens is 154 g/mol. The van der Waals surface area contributed by atoms with Crippen LogP contribution in [0.4, 0.5) is 5.95 Å². The molecule has 0 aliphatic carbocycles. The Kier molecular flexibility index (Phi) is 2.06. The van der Waals surface area contributed by atoms with Crippen molar-refractivity contribution >= 4 is 18.4 Å². The van der Waals surface area contributed by atoms with E-state index in [0.29, 0.717) is 0 Å². The molecule has 1 aliphatic heterocycles. The fraction of sp³-hybridized carbons (Fsp3) is 0.750. The molecule has 0 atom stereocenters. The maximum atomic E-state index is 3.75. The second-order valence-corrected chi connectivity index (χ2v) is 2.01. The number of fused-ring (bicyclic) bond motifs is 1. The lowest BCUT2D eigenvalue weighted by molar-refractivity contribution is 0.549. The van der Waals surface area contributed by atoms with Crippen molar-refractivity contribution in [3.63, 3.8) is 0 Å². The fourth-order valence-corrected chi connectivity index (χ4v) is 0.911. The van der Waals surface area contributed by atoms with Gasteiger partial charge < -0.3 is 5.32 Å². The second kappa shape index (κ2) is 2.83. The van der Waals surface area contributed by atoms with Crippen molar-refractivity contribution in [2.24, 2.45) is 0 Å². The molecular formula is C4H8ClN5. The summed E-state index contributed by atoms with van der Waals surface area (Å²) in [6, 6.07) is 0. The molecule has 6 heteroatoms. The van der Waals surface area contributed by atoms with Crippen LogP contribution in [-0.2, 0) is 6.54 Å². The predicted molar refractivity (Wildman–Crippen MR) is 38.2 cm³/mol. The molecule has 1 aromatic rings. The Hall–Kier alpha value is -0.840. The Labute approximate surface area is 64.2 Å². The van der Waals surface area contributed by atoms with Crippen LogP contribution in [0.1, 0.15) is 6.42 Å². The van der Waals surface area contributed by atoms with E-state index in [1.807, 2.05) is 0 Å². The van der Waals surface area contributed by atoms with Gasteiger partial charge in [0.25, 0.3) is 0 Å². The van der Waals surface area contributed by atoms with Gasteiger partial charge in [0.2, 0.25) is 5.95 Å². The number of aromatic nitrogens is 4.